The lowest BCUT2D eigenvalue weighted by atomic mass is 9.93. The van der Waals surface area contributed by atoms with Crippen molar-refractivity contribution in [3.05, 3.63) is 65.7 Å². The molecule has 0 unspecified atom stereocenters. The lowest BCUT2D eigenvalue weighted by Gasteiger charge is -2.29. The molecule has 4 N–H and O–H groups in total. The number of fused-ring (bicyclic) bond motifs is 1. The Morgan fingerprint density at radius 3 is 2.16 bits per heavy atom. The van der Waals surface area contributed by atoms with Crippen molar-refractivity contribution in [2.45, 2.75) is 50.5 Å². The number of para-hydroxylation sites is 1. The van der Waals surface area contributed by atoms with Crippen LogP contribution in [0.4, 0.5) is 0 Å². The highest BCUT2D eigenvalue weighted by atomic mass is 16.5. The number of carbonyl (C=O) groups is 3. The number of hydrogen-bond acceptors (Lipinski definition) is 6. The zero-order valence-corrected chi connectivity index (χ0v) is 20.5. The summed E-state index contributed by atoms with van der Waals surface area (Å²) in [4.78, 5) is 40.3. The summed E-state index contributed by atoms with van der Waals surface area (Å²) in [6, 6.07) is 16.8. The van der Waals surface area contributed by atoms with Gasteiger partial charge in [-0.2, -0.15) is 5.26 Å². The number of carbonyl (C=O) groups excluding carboxylic acids is 2. The van der Waals surface area contributed by atoms with Gasteiger partial charge >= 0.3 is 12.0 Å². The van der Waals surface area contributed by atoms with Gasteiger partial charge in [0.25, 0.3) is 0 Å². The van der Waals surface area contributed by atoms with E-state index in [1.807, 2.05) is 42.5 Å². The molecule has 0 fully saturated rings. The molecular formula is C27H31N5O5. The molecular weight excluding hydrogens is 474 g/mol. The first-order chi connectivity index (χ1) is 17.9. The van der Waals surface area contributed by atoms with Gasteiger partial charge < -0.3 is 25.8 Å². The van der Waals surface area contributed by atoms with E-state index in [2.05, 4.69) is 20.9 Å². The number of amides is 2. The largest absolute Gasteiger partial charge is 0.481 e. The van der Waals surface area contributed by atoms with Gasteiger partial charge in [0.15, 0.2) is 0 Å². The molecule has 0 atom stereocenters. The highest BCUT2D eigenvalue weighted by Gasteiger charge is 2.44. The molecule has 0 aromatic heterocycles. The number of aliphatic imine (C=N–C) groups is 1. The molecule has 0 heterocycles. The minimum atomic E-state index is -1.10. The van der Waals surface area contributed by atoms with Crippen molar-refractivity contribution < 1.29 is 24.2 Å². The minimum absolute atomic E-state index is 0.0426. The highest BCUT2D eigenvalue weighted by molar-refractivity contribution is 5.93. The Hall–Kier alpha value is -4.39. The Morgan fingerprint density at radius 2 is 1.54 bits per heavy atom. The van der Waals surface area contributed by atoms with E-state index in [9.17, 15) is 14.4 Å². The van der Waals surface area contributed by atoms with Gasteiger partial charge in [0.2, 0.25) is 18.0 Å². The summed E-state index contributed by atoms with van der Waals surface area (Å²) in [5, 5.41) is 26.5. The first kappa shape index (κ1) is 27.2. The molecule has 10 nitrogen and oxygen atoms in total. The van der Waals surface area contributed by atoms with Crippen LogP contribution in [0.25, 0.3) is 0 Å². The van der Waals surface area contributed by atoms with Crippen LogP contribution in [0, 0.1) is 11.5 Å². The third-order valence-corrected chi connectivity index (χ3v) is 5.99. The SMILES string of the molecule is N#C/N=C(/NCCCCNC(=O)C1(NC(=O)CCCC(=O)O)Cc2ccccc2C1)Oc1ccccc1. The second kappa shape index (κ2) is 13.6. The molecule has 0 bridgehead atoms. The van der Waals surface area contributed by atoms with Crippen LogP contribution >= 0.6 is 0 Å². The molecule has 0 radical (unpaired) electrons. The first-order valence-corrected chi connectivity index (χ1v) is 12.2. The van der Waals surface area contributed by atoms with Gasteiger partial charge in [0.1, 0.15) is 11.3 Å². The number of carboxylic acid groups (broad SMARTS) is 1. The molecule has 0 saturated carbocycles. The number of nitrogens with zero attached hydrogens (tertiary/aromatic N) is 2. The number of hydrogen-bond donors (Lipinski definition) is 4. The Morgan fingerprint density at radius 1 is 0.919 bits per heavy atom. The van der Waals surface area contributed by atoms with E-state index in [0.717, 1.165) is 11.1 Å². The summed E-state index contributed by atoms with van der Waals surface area (Å²) >= 11 is 0. The van der Waals surface area contributed by atoms with Crippen LogP contribution in [0.15, 0.2) is 59.6 Å². The van der Waals surface area contributed by atoms with Crippen LogP contribution in [0.5, 0.6) is 5.75 Å². The fraction of sp³-hybridized carbons (Fsp3) is 0.370. The highest BCUT2D eigenvalue weighted by Crippen LogP contribution is 2.30. The topological polar surface area (TPSA) is 153 Å². The summed E-state index contributed by atoms with van der Waals surface area (Å²) < 4.78 is 5.56. The van der Waals surface area contributed by atoms with Crippen molar-refractivity contribution in [2.24, 2.45) is 4.99 Å². The molecule has 1 aliphatic rings. The molecule has 3 rings (SSSR count). The van der Waals surface area contributed by atoms with Crippen molar-refractivity contribution >= 4 is 23.8 Å². The van der Waals surface area contributed by atoms with Gasteiger partial charge in [0, 0.05) is 38.8 Å². The molecule has 2 aromatic carbocycles. The Kier molecular flexibility index (Phi) is 10.0. The van der Waals surface area contributed by atoms with Gasteiger partial charge in [-0.15, -0.1) is 4.99 Å². The molecule has 10 heteroatoms. The number of ether oxygens (including phenoxy) is 1. The van der Waals surface area contributed by atoms with E-state index >= 15 is 0 Å². The number of carboxylic acids is 1. The van der Waals surface area contributed by atoms with Crippen LogP contribution in [-0.4, -0.2) is 47.5 Å². The summed E-state index contributed by atoms with van der Waals surface area (Å²) in [5.41, 5.74) is 0.920. The number of amidine groups is 1. The predicted octanol–water partition coefficient (Wildman–Crippen LogP) is 2.30. The van der Waals surface area contributed by atoms with Crippen LogP contribution in [0.1, 0.15) is 43.2 Å². The second-order valence-corrected chi connectivity index (χ2v) is 8.82. The number of nitrogens with one attached hydrogen (secondary N) is 3. The lowest BCUT2D eigenvalue weighted by Crippen LogP contribution is -2.59. The lowest BCUT2D eigenvalue weighted by molar-refractivity contribution is -0.137. The molecule has 2 aromatic rings. The van der Waals surface area contributed by atoms with Gasteiger partial charge in [-0.25, -0.2) is 0 Å². The fourth-order valence-electron chi connectivity index (χ4n) is 4.21. The first-order valence-electron chi connectivity index (χ1n) is 12.2. The average molecular weight is 506 g/mol. The zero-order valence-electron chi connectivity index (χ0n) is 20.5. The van der Waals surface area contributed by atoms with Crippen LogP contribution < -0.4 is 20.7 Å². The van der Waals surface area contributed by atoms with Crippen molar-refractivity contribution in [2.75, 3.05) is 13.1 Å². The maximum absolute atomic E-state index is 13.3. The van der Waals surface area contributed by atoms with Gasteiger partial charge in [-0.05, 0) is 42.5 Å². The summed E-state index contributed by atoms with van der Waals surface area (Å²) in [6.07, 6.45) is 3.96. The van der Waals surface area contributed by atoms with E-state index in [0.29, 0.717) is 44.5 Å². The van der Waals surface area contributed by atoms with Crippen molar-refractivity contribution in [3.8, 4) is 11.9 Å². The molecule has 1 aliphatic carbocycles. The van der Waals surface area contributed by atoms with Crippen molar-refractivity contribution in [3.63, 3.8) is 0 Å². The van der Waals surface area contributed by atoms with Crippen LogP contribution in [0.3, 0.4) is 0 Å². The Labute approximate surface area is 215 Å². The van der Waals surface area contributed by atoms with Crippen molar-refractivity contribution in [1.29, 1.82) is 5.26 Å². The minimum Gasteiger partial charge on any atom is -0.481 e. The molecule has 37 heavy (non-hydrogen) atoms. The van der Waals surface area contributed by atoms with E-state index in [-0.39, 0.29) is 37.1 Å². The maximum atomic E-state index is 13.3. The summed E-state index contributed by atoms with van der Waals surface area (Å²) in [6.45, 7) is 0.887. The molecule has 194 valence electrons. The number of nitriles is 1. The van der Waals surface area contributed by atoms with Crippen LogP contribution in [-0.2, 0) is 27.2 Å². The zero-order chi connectivity index (χ0) is 26.5. The van der Waals surface area contributed by atoms with E-state index < -0.39 is 11.5 Å². The third-order valence-electron chi connectivity index (χ3n) is 5.99. The van der Waals surface area contributed by atoms with Gasteiger partial charge in [-0.3, -0.25) is 14.4 Å². The Bertz CT molecular complexity index is 1130. The number of unbranched alkanes of at least 4 members (excludes halogenated alkanes) is 1. The molecule has 0 saturated heterocycles. The van der Waals surface area contributed by atoms with Crippen LogP contribution in [0.2, 0.25) is 0 Å². The molecule has 2 amide bonds. The number of rotatable bonds is 12. The monoisotopic (exact) mass is 505 g/mol. The average Bonchev–Trinajstić information content (AvgIpc) is 3.25. The molecule has 0 aliphatic heterocycles. The normalized spacial score (nSPS) is 13.6. The third kappa shape index (κ3) is 8.35. The fourth-order valence-corrected chi connectivity index (χ4v) is 4.21. The standard InChI is InChI=1S/C27H31N5O5/c28-19-31-26(37-22-11-2-1-3-12-22)30-16-7-6-15-29-25(36)27(32-23(33)13-8-14-24(34)35)17-20-9-4-5-10-21(20)18-27/h1-5,9-12H,6-8,13-18H2,(H,29,36)(H,30,31)(H,32,33)(H,34,35). The summed E-state index contributed by atoms with van der Waals surface area (Å²) in [7, 11) is 0. The Balaban J connectivity index is 1.48. The summed E-state index contributed by atoms with van der Waals surface area (Å²) in [5.74, 6) is -0.997. The van der Waals surface area contributed by atoms with E-state index in [1.165, 1.54) is 0 Å². The van der Waals surface area contributed by atoms with E-state index in [4.69, 9.17) is 15.1 Å². The quantitative estimate of drug-likeness (QED) is 0.149. The number of benzene rings is 2. The van der Waals surface area contributed by atoms with Gasteiger partial charge in [-0.1, -0.05) is 42.5 Å². The smallest absolute Gasteiger partial charge is 0.305 e. The van der Waals surface area contributed by atoms with E-state index in [1.54, 1.807) is 18.3 Å². The number of aliphatic carboxylic acids is 1. The maximum Gasteiger partial charge on any atom is 0.305 e. The molecule has 0 spiro atoms. The predicted molar refractivity (Wildman–Crippen MR) is 137 cm³/mol. The van der Waals surface area contributed by atoms with Gasteiger partial charge in [0.05, 0.1) is 0 Å². The second-order valence-electron chi connectivity index (χ2n) is 8.82. The van der Waals surface area contributed by atoms with Crippen molar-refractivity contribution in [1.82, 2.24) is 16.0 Å².